The topological polar surface area (TPSA) is 12.4 Å². The lowest BCUT2D eigenvalue weighted by atomic mass is 10.2. The molecule has 0 aliphatic carbocycles. The Balaban J connectivity index is 4.41. The largest absolute Gasteiger partial charge is 0.417 e. The van der Waals surface area contributed by atoms with Gasteiger partial charge in [0.25, 0.3) is 0 Å². The van der Waals surface area contributed by atoms with Gasteiger partial charge in [0.2, 0.25) is 0 Å². The smallest absolute Gasteiger partial charge is 0.288 e. The lowest BCUT2D eigenvalue weighted by Crippen LogP contribution is -2.13. The lowest BCUT2D eigenvalue weighted by Gasteiger charge is -2.06. The molecule has 0 aromatic carbocycles. The zero-order valence-electron chi connectivity index (χ0n) is 7.40. The molecule has 0 aliphatic heterocycles. The summed E-state index contributed by atoms with van der Waals surface area (Å²) >= 11 is 5.38. The Labute approximate surface area is 80.3 Å². The van der Waals surface area contributed by atoms with Gasteiger partial charge in [0.1, 0.15) is 0 Å². The summed E-state index contributed by atoms with van der Waals surface area (Å²) in [5, 5.41) is 0. The van der Waals surface area contributed by atoms with E-state index in [1.807, 2.05) is 0 Å². The molecule has 0 aromatic rings. The fraction of sp³-hybridized carbons (Fsp3) is 0.625. The number of alkyl halides is 4. The van der Waals surface area contributed by atoms with E-state index in [4.69, 9.17) is 11.6 Å². The number of rotatable bonds is 3. The van der Waals surface area contributed by atoms with Crippen molar-refractivity contribution in [2.45, 2.75) is 26.1 Å². The van der Waals surface area contributed by atoms with Crippen molar-refractivity contribution in [3.8, 4) is 0 Å². The Morgan fingerprint density at radius 2 is 2.08 bits per heavy atom. The molecule has 0 heterocycles. The van der Waals surface area contributed by atoms with Crippen molar-refractivity contribution in [1.29, 1.82) is 0 Å². The zero-order valence-corrected chi connectivity index (χ0v) is 8.15. The molecule has 0 aromatic heterocycles. The molecule has 1 nitrogen and oxygen atoms in total. The van der Waals surface area contributed by atoms with Crippen LogP contribution >= 0.6 is 11.6 Å². The average Bonchev–Trinajstić information content (AvgIpc) is 2.02. The molecule has 1 unspecified atom stereocenters. The van der Waals surface area contributed by atoms with E-state index in [2.05, 4.69) is 4.99 Å². The number of hydrogen-bond acceptors (Lipinski definition) is 1. The second-order valence-electron chi connectivity index (χ2n) is 2.52. The number of allylic oxidation sites excluding steroid dienone is 2. The lowest BCUT2D eigenvalue weighted by molar-refractivity contribution is -0.0857. The average molecular weight is 214 g/mol. The first-order chi connectivity index (χ1) is 5.91. The third-order valence-corrected chi connectivity index (χ3v) is 1.78. The van der Waals surface area contributed by atoms with Crippen LogP contribution in [0.3, 0.4) is 0 Å². The molecule has 0 saturated heterocycles. The number of halogens is 4. The summed E-state index contributed by atoms with van der Waals surface area (Å²) in [6, 6.07) is -0.293. The fourth-order valence-electron chi connectivity index (χ4n) is 0.559. The van der Waals surface area contributed by atoms with Gasteiger partial charge in [-0.1, -0.05) is 6.08 Å². The predicted molar refractivity (Wildman–Crippen MR) is 48.5 cm³/mol. The first kappa shape index (κ1) is 12.5. The first-order valence-corrected chi connectivity index (χ1v) is 4.28. The molecule has 0 fully saturated rings. The molecule has 0 spiro atoms. The van der Waals surface area contributed by atoms with Crippen molar-refractivity contribution in [1.82, 2.24) is 0 Å². The van der Waals surface area contributed by atoms with Crippen LogP contribution in [0.1, 0.15) is 13.8 Å². The molecule has 0 rings (SSSR count). The molecule has 1 atom stereocenters. The van der Waals surface area contributed by atoms with E-state index in [-0.39, 0.29) is 11.9 Å². The molecule has 0 aliphatic rings. The molecule has 0 amide bonds. The fourth-order valence-corrected chi connectivity index (χ4v) is 0.638. The van der Waals surface area contributed by atoms with Crippen LogP contribution in [0.5, 0.6) is 0 Å². The van der Waals surface area contributed by atoms with Crippen molar-refractivity contribution in [2.24, 2.45) is 4.99 Å². The van der Waals surface area contributed by atoms with Gasteiger partial charge < -0.3 is 0 Å². The molecular formula is C8H11ClF3N. The molecule has 5 heteroatoms. The molecular weight excluding hydrogens is 203 g/mol. The summed E-state index contributed by atoms with van der Waals surface area (Å²) in [5.41, 5.74) is -0.746. The molecule has 0 radical (unpaired) electrons. The molecule has 0 bridgehead atoms. The Bertz CT molecular complexity index is 208. The monoisotopic (exact) mass is 213 g/mol. The maximum absolute atomic E-state index is 12.1. The summed E-state index contributed by atoms with van der Waals surface area (Å²) in [7, 11) is 0. The Morgan fingerprint density at radius 1 is 1.54 bits per heavy atom. The highest BCUT2D eigenvalue weighted by Gasteiger charge is 2.31. The van der Waals surface area contributed by atoms with Gasteiger partial charge in [-0.15, -0.1) is 11.6 Å². The Hall–Kier alpha value is -0.510. The summed E-state index contributed by atoms with van der Waals surface area (Å²) in [6.07, 6.45) is -2.54. The molecule has 13 heavy (non-hydrogen) atoms. The van der Waals surface area contributed by atoms with Gasteiger partial charge in [-0.3, -0.25) is 4.99 Å². The summed E-state index contributed by atoms with van der Waals surface area (Å²) in [4.78, 5) is 3.64. The minimum Gasteiger partial charge on any atom is -0.288 e. The third kappa shape index (κ3) is 4.93. The summed E-state index contributed by atoms with van der Waals surface area (Å²) < 4.78 is 36.2. The number of hydrogen-bond donors (Lipinski definition) is 0. The van der Waals surface area contributed by atoms with Crippen molar-refractivity contribution in [3.05, 3.63) is 11.6 Å². The van der Waals surface area contributed by atoms with Gasteiger partial charge in [0.15, 0.2) is 0 Å². The van der Waals surface area contributed by atoms with E-state index in [1.165, 1.54) is 6.92 Å². The molecule has 0 saturated carbocycles. The van der Waals surface area contributed by atoms with Crippen LogP contribution < -0.4 is 0 Å². The van der Waals surface area contributed by atoms with Crippen LogP contribution in [0.4, 0.5) is 13.2 Å². The third-order valence-electron chi connectivity index (χ3n) is 1.33. The van der Waals surface area contributed by atoms with E-state index in [0.717, 1.165) is 12.3 Å². The van der Waals surface area contributed by atoms with E-state index in [1.54, 1.807) is 6.92 Å². The van der Waals surface area contributed by atoms with Gasteiger partial charge >= 0.3 is 6.18 Å². The summed E-state index contributed by atoms with van der Waals surface area (Å²) in [6.45, 7) is 2.97. The van der Waals surface area contributed by atoms with Crippen LogP contribution in [0, 0.1) is 0 Å². The maximum Gasteiger partial charge on any atom is 0.417 e. The number of nitrogens with zero attached hydrogens (tertiary/aromatic N) is 1. The number of aliphatic imine (C=N–C) groups is 1. The van der Waals surface area contributed by atoms with Crippen molar-refractivity contribution in [3.63, 3.8) is 0 Å². The minimum absolute atomic E-state index is 0.214. The van der Waals surface area contributed by atoms with E-state index in [9.17, 15) is 13.2 Å². The highest BCUT2D eigenvalue weighted by atomic mass is 35.5. The van der Waals surface area contributed by atoms with Crippen LogP contribution in [0.2, 0.25) is 0 Å². The van der Waals surface area contributed by atoms with Crippen molar-refractivity contribution in [2.75, 3.05) is 5.88 Å². The normalized spacial score (nSPS) is 16.6. The van der Waals surface area contributed by atoms with E-state index < -0.39 is 11.7 Å². The molecule has 76 valence electrons. The Kier molecular flexibility index (Phi) is 5.06. The van der Waals surface area contributed by atoms with Gasteiger partial charge in [0.05, 0.1) is 11.6 Å². The van der Waals surface area contributed by atoms with Gasteiger partial charge in [-0.2, -0.15) is 13.2 Å². The standard InChI is InChI=1S/C8H11ClF3N/c1-3-7(8(10,11)12)5-13-6(2)4-9/h3,5-6H,4H2,1-2H3/b7-3+,13-5?. The van der Waals surface area contributed by atoms with Gasteiger partial charge in [0, 0.05) is 12.1 Å². The van der Waals surface area contributed by atoms with Crippen LogP contribution in [0.15, 0.2) is 16.6 Å². The first-order valence-electron chi connectivity index (χ1n) is 3.74. The maximum atomic E-state index is 12.1. The quantitative estimate of drug-likeness (QED) is 0.504. The second-order valence-corrected chi connectivity index (χ2v) is 2.83. The zero-order chi connectivity index (χ0) is 10.5. The van der Waals surface area contributed by atoms with Crippen LogP contribution in [0.25, 0.3) is 0 Å². The van der Waals surface area contributed by atoms with E-state index >= 15 is 0 Å². The second kappa shape index (κ2) is 5.27. The predicted octanol–water partition coefficient (Wildman–Crippen LogP) is 3.19. The highest BCUT2D eigenvalue weighted by Crippen LogP contribution is 2.23. The highest BCUT2D eigenvalue weighted by molar-refractivity contribution is 6.18. The van der Waals surface area contributed by atoms with E-state index in [0.29, 0.717) is 0 Å². The van der Waals surface area contributed by atoms with Crippen LogP contribution in [-0.2, 0) is 0 Å². The van der Waals surface area contributed by atoms with Gasteiger partial charge in [-0.05, 0) is 13.8 Å². The van der Waals surface area contributed by atoms with Gasteiger partial charge in [-0.25, -0.2) is 0 Å². The Morgan fingerprint density at radius 3 is 2.38 bits per heavy atom. The van der Waals surface area contributed by atoms with Crippen LogP contribution in [-0.4, -0.2) is 24.3 Å². The van der Waals surface area contributed by atoms with Crippen molar-refractivity contribution < 1.29 is 13.2 Å². The molecule has 0 N–H and O–H groups in total. The minimum atomic E-state index is -4.33. The summed E-state index contributed by atoms with van der Waals surface area (Å²) in [5.74, 6) is 0.214. The van der Waals surface area contributed by atoms with Crippen molar-refractivity contribution >= 4 is 17.8 Å². The SMILES string of the molecule is C/C=C(\C=NC(C)CCl)C(F)(F)F.